The molecule has 0 saturated carbocycles. The fourth-order valence-electron chi connectivity index (χ4n) is 1.03. The molecule has 0 bridgehead atoms. The van der Waals surface area contributed by atoms with E-state index < -0.39 is 0 Å². The van der Waals surface area contributed by atoms with Gasteiger partial charge in [-0.2, -0.15) is 0 Å². The first-order valence-corrected chi connectivity index (χ1v) is 5.91. The van der Waals surface area contributed by atoms with E-state index in [2.05, 4.69) is 68.8 Å². The lowest BCUT2D eigenvalue weighted by Crippen LogP contribution is -2.08. The van der Waals surface area contributed by atoms with Crippen molar-refractivity contribution in [3.63, 3.8) is 0 Å². The Morgan fingerprint density at radius 1 is 1.00 bits per heavy atom. The summed E-state index contributed by atoms with van der Waals surface area (Å²) in [6, 6.07) is 8.66. The van der Waals surface area contributed by atoms with Crippen LogP contribution in [-0.2, 0) is 6.42 Å². The molecule has 0 spiro atoms. The van der Waals surface area contributed by atoms with Gasteiger partial charge in [-0.3, -0.25) is 0 Å². The van der Waals surface area contributed by atoms with E-state index in [1.807, 2.05) is 13.8 Å². The average molecular weight is 236 g/mol. The van der Waals surface area contributed by atoms with Crippen molar-refractivity contribution in [2.45, 2.75) is 27.2 Å². The molecule has 0 atom stereocenters. The number of anilines is 1. The maximum Gasteiger partial charge on any atom is 0.0361 e. The molecule has 2 nitrogen and oxygen atoms in total. The third-order valence-electron chi connectivity index (χ3n) is 1.86. The van der Waals surface area contributed by atoms with Crippen molar-refractivity contribution >= 4 is 5.69 Å². The molecule has 0 aliphatic heterocycles. The summed E-state index contributed by atoms with van der Waals surface area (Å²) in [6.45, 7) is 6.17. The number of rotatable bonds is 2. The average Bonchev–Trinajstić information content (AvgIpc) is 2.45. The summed E-state index contributed by atoms with van der Waals surface area (Å²) >= 11 is 0. The molecular weight excluding hydrogens is 208 g/mol. The first-order valence-electron chi connectivity index (χ1n) is 5.91. The van der Waals surface area contributed by atoms with E-state index in [1.165, 1.54) is 18.3 Å². The molecule has 98 valence electrons. The molecule has 1 aromatic carbocycles. The Bertz CT molecular complexity index is 247. The topological polar surface area (TPSA) is 29.3 Å². The number of nitrogens with zero attached hydrogens (tertiary/aromatic N) is 1. The minimum absolute atomic E-state index is 1.12. The second kappa shape index (κ2) is 17.0. The van der Waals surface area contributed by atoms with Crippen molar-refractivity contribution in [2.75, 3.05) is 26.0 Å². The van der Waals surface area contributed by atoms with Crippen molar-refractivity contribution in [1.82, 2.24) is 0 Å². The second-order valence-corrected chi connectivity index (χ2v) is 2.91. The van der Waals surface area contributed by atoms with Crippen LogP contribution in [0.3, 0.4) is 0 Å². The van der Waals surface area contributed by atoms with Crippen LogP contribution in [0.4, 0.5) is 5.69 Å². The molecule has 0 radical (unpaired) electrons. The molecule has 0 aromatic heterocycles. The van der Waals surface area contributed by atoms with E-state index in [0.29, 0.717) is 0 Å². The summed E-state index contributed by atoms with van der Waals surface area (Å²) in [4.78, 5) is 2.11. The lowest BCUT2D eigenvalue weighted by Gasteiger charge is -2.11. The van der Waals surface area contributed by atoms with Crippen LogP contribution < -0.4 is 10.6 Å². The molecule has 1 aromatic rings. The summed E-state index contributed by atoms with van der Waals surface area (Å²) in [5.41, 5.74) is 7.16. The number of aryl methyl sites for hydroxylation is 1. The Kier molecular flexibility index (Phi) is 20.8. The minimum atomic E-state index is 1.12. The number of benzene rings is 1. The fraction of sp³-hybridized carbons (Fsp3) is 0.467. The molecule has 0 aliphatic rings. The van der Waals surface area contributed by atoms with Crippen molar-refractivity contribution in [2.24, 2.45) is 5.73 Å². The van der Waals surface area contributed by atoms with Gasteiger partial charge in [0.2, 0.25) is 0 Å². The van der Waals surface area contributed by atoms with Gasteiger partial charge in [-0.25, -0.2) is 0 Å². The van der Waals surface area contributed by atoms with Gasteiger partial charge in [0.05, 0.1) is 0 Å². The van der Waals surface area contributed by atoms with Gasteiger partial charge in [0.15, 0.2) is 0 Å². The summed E-state index contributed by atoms with van der Waals surface area (Å²) in [6.07, 6.45) is 9.12. The monoisotopic (exact) mass is 236 g/mol. The Morgan fingerprint density at radius 3 is 1.59 bits per heavy atom. The normalized spacial score (nSPS) is 7.12. The summed E-state index contributed by atoms with van der Waals surface area (Å²) in [5, 5.41) is 0. The molecule has 0 fully saturated rings. The van der Waals surface area contributed by atoms with Gasteiger partial charge in [0.1, 0.15) is 0 Å². The van der Waals surface area contributed by atoms with E-state index in [4.69, 9.17) is 0 Å². The third kappa shape index (κ3) is 10.8. The van der Waals surface area contributed by atoms with Crippen molar-refractivity contribution in [1.29, 1.82) is 0 Å². The maximum absolute atomic E-state index is 4.50. The van der Waals surface area contributed by atoms with Gasteiger partial charge in [-0.05, 0) is 31.2 Å². The van der Waals surface area contributed by atoms with E-state index in [0.717, 1.165) is 6.42 Å². The molecule has 0 aliphatic carbocycles. The SMILES string of the molecule is C#C.CC.CCc1ccc(N(C)C)cc1.CN. The van der Waals surface area contributed by atoms with Crippen LogP contribution in [0.25, 0.3) is 0 Å². The van der Waals surface area contributed by atoms with Crippen molar-refractivity contribution in [3.8, 4) is 12.8 Å². The van der Waals surface area contributed by atoms with Crippen LogP contribution >= 0.6 is 0 Å². The molecule has 0 saturated heterocycles. The minimum Gasteiger partial charge on any atom is -0.378 e. The highest BCUT2D eigenvalue weighted by Crippen LogP contribution is 2.11. The number of nitrogens with two attached hydrogens (primary N) is 1. The molecule has 0 amide bonds. The van der Waals surface area contributed by atoms with Gasteiger partial charge < -0.3 is 10.6 Å². The van der Waals surface area contributed by atoms with Gasteiger partial charge in [-0.1, -0.05) is 32.9 Å². The standard InChI is InChI=1S/C10H15N.C2H6.C2H2.CH5N/c1-4-9-5-7-10(8-6-9)11(2)3;3*1-2/h5-8H,4H2,1-3H3;1-2H3;1-2H;2H2,1H3. The highest BCUT2D eigenvalue weighted by molar-refractivity contribution is 5.45. The highest BCUT2D eigenvalue weighted by Gasteiger charge is 1.92. The second-order valence-electron chi connectivity index (χ2n) is 2.91. The summed E-state index contributed by atoms with van der Waals surface area (Å²) < 4.78 is 0. The zero-order valence-corrected chi connectivity index (χ0v) is 12.2. The smallest absolute Gasteiger partial charge is 0.0361 e. The Balaban J connectivity index is -0.000000285. The van der Waals surface area contributed by atoms with Crippen LogP contribution in [0.15, 0.2) is 24.3 Å². The first kappa shape index (κ1) is 20.9. The fourth-order valence-corrected chi connectivity index (χ4v) is 1.03. The summed E-state index contributed by atoms with van der Waals surface area (Å²) in [7, 11) is 5.61. The Morgan fingerprint density at radius 2 is 1.35 bits per heavy atom. The Labute approximate surface area is 108 Å². The van der Waals surface area contributed by atoms with Crippen LogP contribution in [0.1, 0.15) is 26.3 Å². The molecule has 2 N–H and O–H groups in total. The van der Waals surface area contributed by atoms with Crippen LogP contribution in [-0.4, -0.2) is 21.1 Å². The maximum atomic E-state index is 4.50. The van der Waals surface area contributed by atoms with Crippen LogP contribution in [0, 0.1) is 12.8 Å². The largest absolute Gasteiger partial charge is 0.378 e. The molecule has 2 heteroatoms. The predicted octanol–water partition coefficient (Wildman–Crippen LogP) is 3.17. The molecule has 0 heterocycles. The molecule has 17 heavy (non-hydrogen) atoms. The summed E-state index contributed by atoms with van der Waals surface area (Å²) in [5.74, 6) is 0. The third-order valence-corrected chi connectivity index (χ3v) is 1.86. The highest BCUT2D eigenvalue weighted by atomic mass is 15.1. The number of hydrogen-bond donors (Lipinski definition) is 1. The van der Waals surface area contributed by atoms with Crippen LogP contribution in [0.5, 0.6) is 0 Å². The van der Waals surface area contributed by atoms with Crippen molar-refractivity contribution in [3.05, 3.63) is 29.8 Å². The number of hydrogen-bond acceptors (Lipinski definition) is 2. The lowest BCUT2D eigenvalue weighted by atomic mass is 10.1. The van der Waals surface area contributed by atoms with Gasteiger partial charge >= 0.3 is 0 Å². The Hall–Kier alpha value is -1.46. The van der Waals surface area contributed by atoms with E-state index in [9.17, 15) is 0 Å². The van der Waals surface area contributed by atoms with Crippen LogP contribution in [0.2, 0.25) is 0 Å². The molecular formula is C15H28N2. The van der Waals surface area contributed by atoms with E-state index in [1.54, 1.807) is 0 Å². The van der Waals surface area contributed by atoms with Gasteiger partial charge in [0, 0.05) is 19.8 Å². The van der Waals surface area contributed by atoms with Crippen molar-refractivity contribution < 1.29 is 0 Å². The zero-order chi connectivity index (χ0) is 14.3. The quantitative estimate of drug-likeness (QED) is 0.799. The first-order chi connectivity index (χ1) is 8.24. The van der Waals surface area contributed by atoms with Gasteiger partial charge in [-0.15, -0.1) is 12.8 Å². The number of terminal acetylenes is 1. The van der Waals surface area contributed by atoms with E-state index >= 15 is 0 Å². The van der Waals surface area contributed by atoms with E-state index in [-0.39, 0.29) is 0 Å². The lowest BCUT2D eigenvalue weighted by molar-refractivity contribution is 1.11. The predicted molar refractivity (Wildman–Crippen MR) is 81.5 cm³/mol. The zero-order valence-electron chi connectivity index (χ0n) is 12.2. The molecule has 0 unspecified atom stereocenters. The van der Waals surface area contributed by atoms with Gasteiger partial charge in [0.25, 0.3) is 0 Å². The molecule has 1 rings (SSSR count).